The number of aliphatic hydroxyl groups is 1. The molecule has 0 radical (unpaired) electrons. The van der Waals surface area contributed by atoms with Gasteiger partial charge in [-0.25, -0.2) is 9.98 Å². The number of aliphatic imine (C=N–C) groups is 1. The van der Waals surface area contributed by atoms with Crippen molar-refractivity contribution < 1.29 is 9.84 Å². The van der Waals surface area contributed by atoms with Gasteiger partial charge in [0.1, 0.15) is 5.82 Å². The molecular formula is C22H37N5O2. The van der Waals surface area contributed by atoms with Gasteiger partial charge in [-0.2, -0.15) is 0 Å². The standard InChI is InChI=1S/C22H37N5O2/c1-2-23-21(26-17-22(9-13-28)10-14-29-18-22)25-16-19-7-8-20(24-15-19)27-11-5-3-4-6-12-27/h7-8,15,28H,2-6,9-14,16-18H2,1H3,(H2,23,25,26). The average molecular weight is 404 g/mol. The van der Waals surface area contributed by atoms with E-state index in [4.69, 9.17) is 9.73 Å². The largest absolute Gasteiger partial charge is 0.396 e. The first-order valence-corrected chi connectivity index (χ1v) is 11.2. The molecule has 0 bridgehead atoms. The molecule has 2 saturated heterocycles. The van der Waals surface area contributed by atoms with Crippen molar-refractivity contribution in [3.05, 3.63) is 23.9 Å². The molecule has 7 heteroatoms. The highest BCUT2D eigenvalue weighted by Crippen LogP contribution is 2.31. The second-order valence-corrected chi connectivity index (χ2v) is 8.25. The zero-order valence-electron chi connectivity index (χ0n) is 17.8. The maximum absolute atomic E-state index is 9.41. The quantitative estimate of drug-likeness (QED) is 0.456. The SMILES string of the molecule is CCNC(=NCc1ccc(N2CCCCCC2)nc1)NCC1(CCO)CCOC1. The minimum atomic E-state index is 0.00129. The zero-order valence-corrected chi connectivity index (χ0v) is 17.8. The van der Waals surface area contributed by atoms with Gasteiger partial charge in [0.15, 0.2) is 5.96 Å². The molecule has 2 aliphatic rings. The van der Waals surface area contributed by atoms with E-state index in [0.29, 0.717) is 13.2 Å². The first-order valence-electron chi connectivity index (χ1n) is 11.2. The van der Waals surface area contributed by atoms with E-state index in [0.717, 1.165) is 63.0 Å². The summed E-state index contributed by atoms with van der Waals surface area (Å²) in [6, 6.07) is 4.26. The second kappa shape index (κ2) is 11.4. The Hall–Kier alpha value is -1.86. The number of aliphatic hydroxyl groups excluding tert-OH is 1. The van der Waals surface area contributed by atoms with Crippen LogP contribution in [-0.4, -0.2) is 62.0 Å². The minimum absolute atomic E-state index is 0.00129. The molecule has 0 saturated carbocycles. The van der Waals surface area contributed by atoms with Crippen molar-refractivity contribution in [3.63, 3.8) is 0 Å². The first-order chi connectivity index (χ1) is 14.2. The predicted molar refractivity (Wildman–Crippen MR) is 117 cm³/mol. The van der Waals surface area contributed by atoms with E-state index in [1.807, 2.05) is 6.20 Å². The van der Waals surface area contributed by atoms with Crippen molar-refractivity contribution >= 4 is 11.8 Å². The number of aromatic nitrogens is 1. The lowest BCUT2D eigenvalue weighted by molar-refractivity contribution is 0.127. The van der Waals surface area contributed by atoms with Crippen LogP contribution in [-0.2, 0) is 11.3 Å². The highest BCUT2D eigenvalue weighted by atomic mass is 16.5. The molecule has 0 aliphatic carbocycles. The molecule has 1 atom stereocenters. The normalized spacial score (nSPS) is 23.1. The summed E-state index contributed by atoms with van der Waals surface area (Å²) in [6.45, 7) is 8.09. The number of nitrogens with zero attached hydrogens (tertiary/aromatic N) is 3. The number of hydrogen-bond donors (Lipinski definition) is 3. The van der Waals surface area contributed by atoms with E-state index < -0.39 is 0 Å². The van der Waals surface area contributed by atoms with E-state index in [-0.39, 0.29) is 12.0 Å². The maximum atomic E-state index is 9.41. The van der Waals surface area contributed by atoms with Crippen LogP contribution >= 0.6 is 0 Å². The molecule has 0 aromatic carbocycles. The monoisotopic (exact) mass is 403 g/mol. The van der Waals surface area contributed by atoms with E-state index in [1.165, 1.54) is 25.7 Å². The number of rotatable bonds is 8. The molecule has 3 heterocycles. The van der Waals surface area contributed by atoms with E-state index in [2.05, 4.69) is 39.6 Å². The van der Waals surface area contributed by atoms with E-state index in [1.54, 1.807) is 0 Å². The lowest BCUT2D eigenvalue weighted by Crippen LogP contribution is -2.44. The summed E-state index contributed by atoms with van der Waals surface area (Å²) in [4.78, 5) is 11.8. The molecule has 1 aromatic heterocycles. The topological polar surface area (TPSA) is 82.0 Å². The second-order valence-electron chi connectivity index (χ2n) is 8.25. The fourth-order valence-corrected chi connectivity index (χ4v) is 4.09. The van der Waals surface area contributed by atoms with Crippen LogP contribution in [0.4, 0.5) is 5.82 Å². The van der Waals surface area contributed by atoms with Crippen LogP contribution in [0, 0.1) is 5.41 Å². The van der Waals surface area contributed by atoms with Gasteiger partial charge in [-0.3, -0.25) is 0 Å². The molecule has 7 nitrogen and oxygen atoms in total. The minimum Gasteiger partial charge on any atom is -0.396 e. The molecular weight excluding hydrogens is 366 g/mol. The van der Waals surface area contributed by atoms with Crippen molar-refractivity contribution in [2.45, 2.75) is 52.0 Å². The van der Waals surface area contributed by atoms with E-state index in [9.17, 15) is 5.11 Å². The Morgan fingerprint density at radius 1 is 1.24 bits per heavy atom. The molecule has 3 rings (SSSR count). The van der Waals surface area contributed by atoms with Crippen LogP contribution in [0.2, 0.25) is 0 Å². The third-order valence-corrected chi connectivity index (χ3v) is 5.96. The summed E-state index contributed by atoms with van der Waals surface area (Å²) in [5, 5.41) is 16.2. The van der Waals surface area contributed by atoms with Crippen LogP contribution in [0.15, 0.2) is 23.3 Å². The molecule has 1 unspecified atom stereocenters. The lowest BCUT2D eigenvalue weighted by atomic mass is 9.84. The fourth-order valence-electron chi connectivity index (χ4n) is 4.09. The molecule has 29 heavy (non-hydrogen) atoms. The Labute approximate surface area is 175 Å². The molecule has 2 aliphatic heterocycles. The molecule has 0 amide bonds. The van der Waals surface area contributed by atoms with Crippen LogP contribution in [0.5, 0.6) is 0 Å². The number of anilines is 1. The number of hydrogen-bond acceptors (Lipinski definition) is 5. The smallest absolute Gasteiger partial charge is 0.191 e. The van der Waals surface area contributed by atoms with Crippen LogP contribution in [0.25, 0.3) is 0 Å². The summed E-state index contributed by atoms with van der Waals surface area (Å²) in [7, 11) is 0. The molecule has 3 N–H and O–H groups in total. The highest BCUT2D eigenvalue weighted by Gasteiger charge is 2.34. The van der Waals surface area contributed by atoms with Crippen molar-refractivity contribution in [3.8, 4) is 0 Å². The predicted octanol–water partition coefficient (Wildman–Crippen LogP) is 2.31. The van der Waals surface area contributed by atoms with Gasteiger partial charge in [0, 0.05) is 51.0 Å². The summed E-state index contributed by atoms with van der Waals surface area (Å²) in [5.41, 5.74) is 1.11. The summed E-state index contributed by atoms with van der Waals surface area (Å²) in [6.07, 6.45) is 8.85. The molecule has 2 fully saturated rings. The van der Waals surface area contributed by atoms with E-state index >= 15 is 0 Å². The summed E-state index contributed by atoms with van der Waals surface area (Å²) >= 11 is 0. The third kappa shape index (κ3) is 6.57. The Morgan fingerprint density at radius 3 is 2.69 bits per heavy atom. The van der Waals surface area contributed by atoms with Gasteiger partial charge < -0.3 is 25.4 Å². The summed E-state index contributed by atoms with van der Waals surface area (Å²) in [5.74, 6) is 1.88. The first kappa shape index (κ1) is 21.8. The average Bonchev–Trinajstić information content (AvgIpc) is 3.03. The van der Waals surface area contributed by atoms with Crippen molar-refractivity contribution in [2.75, 3.05) is 50.9 Å². The Kier molecular flexibility index (Phi) is 8.55. The van der Waals surface area contributed by atoms with Gasteiger partial charge in [-0.05, 0) is 44.2 Å². The van der Waals surface area contributed by atoms with Gasteiger partial charge in [-0.1, -0.05) is 18.9 Å². The molecule has 0 spiro atoms. The van der Waals surface area contributed by atoms with Crippen LogP contribution in [0.1, 0.15) is 51.0 Å². The Balaban J connectivity index is 1.56. The summed E-state index contributed by atoms with van der Waals surface area (Å²) < 4.78 is 5.58. The molecule has 162 valence electrons. The van der Waals surface area contributed by atoms with Gasteiger partial charge in [0.2, 0.25) is 0 Å². The zero-order chi connectivity index (χ0) is 20.4. The van der Waals surface area contributed by atoms with Crippen LogP contribution in [0.3, 0.4) is 0 Å². The highest BCUT2D eigenvalue weighted by molar-refractivity contribution is 5.79. The third-order valence-electron chi connectivity index (χ3n) is 5.96. The number of pyridine rings is 1. The number of nitrogens with one attached hydrogen (secondary N) is 2. The van der Waals surface area contributed by atoms with Gasteiger partial charge in [-0.15, -0.1) is 0 Å². The van der Waals surface area contributed by atoms with Gasteiger partial charge in [0.05, 0.1) is 13.2 Å². The Bertz CT molecular complexity index is 621. The van der Waals surface area contributed by atoms with Gasteiger partial charge in [0.25, 0.3) is 0 Å². The van der Waals surface area contributed by atoms with Crippen molar-refractivity contribution in [2.24, 2.45) is 10.4 Å². The fraction of sp³-hybridized carbons (Fsp3) is 0.727. The Morgan fingerprint density at radius 2 is 2.07 bits per heavy atom. The van der Waals surface area contributed by atoms with Crippen LogP contribution < -0.4 is 15.5 Å². The van der Waals surface area contributed by atoms with Crippen molar-refractivity contribution in [1.29, 1.82) is 0 Å². The number of guanidine groups is 1. The lowest BCUT2D eigenvalue weighted by Gasteiger charge is -2.27. The number of ether oxygens (including phenoxy) is 1. The van der Waals surface area contributed by atoms with Crippen molar-refractivity contribution in [1.82, 2.24) is 15.6 Å². The maximum Gasteiger partial charge on any atom is 0.191 e. The van der Waals surface area contributed by atoms with Gasteiger partial charge >= 0.3 is 0 Å². The molecule has 1 aromatic rings.